The van der Waals surface area contributed by atoms with Crippen LogP contribution in [0.4, 0.5) is 4.39 Å². The lowest BCUT2D eigenvalue weighted by Gasteiger charge is -2.27. The van der Waals surface area contributed by atoms with Crippen molar-refractivity contribution in [3.8, 4) is 11.1 Å². The van der Waals surface area contributed by atoms with E-state index in [0.29, 0.717) is 5.92 Å². The number of aromatic nitrogens is 3. The first kappa shape index (κ1) is 22.9. The SMILES string of the molecule is CNC1CCCCC1.NC(c1ncnc2[nH]cc(-c3ccc(F)cc3)c12)C1CCCCC1. The third-order valence-electron chi connectivity index (χ3n) is 7.14. The Morgan fingerprint density at radius 1 is 0.969 bits per heavy atom. The van der Waals surface area contributed by atoms with E-state index in [-0.39, 0.29) is 11.9 Å². The highest BCUT2D eigenvalue weighted by Gasteiger charge is 2.26. The van der Waals surface area contributed by atoms with Crippen LogP contribution in [0.3, 0.4) is 0 Å². The second-order valence-electron chi connectivity index (χ2n) is 9.24. The van der Waals surface area contributed by atoms with Crippen molar-refractivity contribution < 1.29 is 4.39 Å². The van der Waals surface area contributed by atoms with E-state index in [1.165, 1.54) is 63.5 Å². The van der Waals surface area contributed by atoms with Crippen molar-refractivity contribution in [1.82, 2.24) is 20.3 Å². The van der Waals surface area contributed by atoms with Gasteiger partial charge in [0.25, 0.3) is 0 Å². The summed E-state index contributed by atoms with van der Waals surface area (Å²) in [6.07, 6.45) is 16.7. The molecule has 0 spiro atoms. The molecular weight excluding hydrogens is 401 g/mol. The van der Waals surface area contributed by atoms with Gasteiger partial charge in [0, 0.05) is 23.2 Å². The maximum atomic E-state index is 13.2. The van der Waals surface area contributed by atoms with Crippen molar-refractivity contribution in [1.29, 1.82) is 0 Å². The lowest BCUT2D eigenvalue weighted by Crippen LogP contribution is -2.26. The van der Waals surface area contributed by atoms with Crippen LogP contribution in [0.25, 0.3) is 22.2 Å². The first-order chi connectivity index (χ1) is 15.7. The molecule has 32 heavy (non-hydrogen) atoms. The lowest BCUT2D eigenvalue weighted by atomic mass is 9.82. The minimum absolute atomic E-state index is 0.0919. The molecule has 0 saturated heterocycles. The Kier molecular flexibility index (Phi) is 7.87. The molecule has 2 aliphatic rings. The van der Waals surface area contributed by atoms with Gasteiger partial charge in [-0.25, -0.2) is 14.4 Å². The summed E-state index contributed by atoms with van der Waals surface area (Å²) in [5, 5.41) is 4.26. The molecule has 0 amide bonds. The van der Waals surface area contributed by atoms with Crippen LogP contribution < -0.4 is 11.1 Å². The van der Waals surface area contributed by atoms with Crippen molar-refractivity contribution in [2.24, 2.45) is 11.7 Å². The number of nitrogens with two attached hydrogens (primary N) is 1. The minimum atomic E-state index is -0.242. The fourth-order valence-corrected chi connectivity index (χ4v) is 5.20. The van der Waals surface area contributed by atoms with Crippen LogP contribution >= 0.6 is 0 Å². The highest BCUT2D eigenvalue weighted by molar-refractivity contribution is 5.95. The van der Waals surface area contributed by atoms with E-state index in [0.717, 1.165) is 46.7 Å². The Morgan fingerprint density at radius 2 is 1.62 bits per heavy atom. The van der Waals surface area contributed by atoms with Gasteiger partial charge in [-0.1, -0.05) is 50.7 Å². The van der Waals surface area contributed by atoms with Crippen molar-refractivity contribution >= 4 is 11.0 Å². The third-order valence-corrected chi connectivity index (χ3v) is 7.14. The molecule has 0 bridgehead atoms. The number of H-pyrrole nitrogens is 1. The fraction of sp³-hybridized carbons (Fsp3) is 0.538. The molecule has 2 saturated carbocycles. The normalized spacial score (nSPS) is 18.8. The maximum absolute atomic E-state index is 13.2. The molecule has 1 aromatic carbocycles. The minimum Gasteiger partial charge on any atom is -0.345 e. The number of benzene rings is 1. The number of halogens is 1. The quantitative estimate of drug-likeness (QED) is 0.476. The molecule has 2 heterocycles. The Labute approximate surface area is 190 Å². The number of rotatable bonds is 4. The zero-order valence-corrected chi connectivity index (χ0v) is 19.1. The van der Waals surface area contributed by atoms with Crippen LogP contribution in [0.15, 0.2) is 36.8 Å². The standard InChI is InChI=1S/C19H21FN4.C7H15N/c20-14-8-6-12(7-9-14)15-10-22-19-16(15)18(23-11-24-19)17(21)13-4-2-1-3-5-13;1-8-7-5-3-2-4-6-7/h6-11,13,17H,1-5,21H2,(H,22,23,24);7-8H,2-6H2,1H3. The van der Waals surface area contributed by atoms with Crippen molar-refractivity contribution in [3.63, 3.8) is 0 Å². The Hall–Kier alpha value is -2.31. The Bertz CT molecular complexity index is 972. The van der Waals surface area contributed by atoms with Gasteiger partial charge in [-0.05, 0) is 56.3 Å². The van der Waals surface area contributed by atoms with E-state index >= 15 is 0 Å². The highest BCUT2D eigenvalue weighted by atomic mass is 19.1. The van der Waals surface area contributed by atoms with Crippen LogP contribution in [-0.4, -0.2) is 28.0 Å². The molecule has 5 nitrogen and oxygen atoms in total. The van der Waals surface area contributed by atoms with Gasteiger partial charge in [-0.15, -0.1) is 0 Å². The van der Waals surface area contributed by atoms with Gasteiger partial charge in [0.05, 0.1) is 11.7 Å². The van der Waals surface area contributed by atoms with E-state index in [1.807, 2.05) is 6.20 Å². The largest absolute Gasteiger partial charge is 0.345 e. The summed E-state index contributed by atoms with van der Waals surface area (Å²) in [5.41, 5.74) is 10.2. The predicted octanol–water partition coefficient (Wildman–Crippen LogP) is 5.88. The smallest absolute Gasteiger partial charge is 0.141 e. The van der Waals surface area contributed by atoms with Gasteiger partial charge in [-0.3, -0.25) is 0 Å². The number of hydrogen-bond donors (Lipinski definition) is 3. The van der Waals surface area contributed by atoms with Gasteiger partial charge >= 0.3 is 0 Å². The van der Waals surface area contributed by atoms with Gasteiger partial charge in [0.2, 0.25) is 0 Å². The Balaban J connectivity index is 0.000000260. The topological polar surface area (TPSA) is 79.6 Å². The van der Waals surface area contributed by atoms with E-state index in [4.69, 9.17) is 5.73 Å². The first-order valence-electron chi connectivity index (χ1n) is 12.2. The molecule has 6 heteroatoms. The molecule has 2 aromatic heterocycles. The molecule has 2 fully saturated rings. The van der Waals surface area contributed by atoms with Gasteiger partial charge in [0.1, 0.15) is 17.8 Å². The zero-order valence-electron chi connectivity index (χ0n) is 19.1. The third kappa shape index (κ3) is 5.36. The monoisotopic (exact) mass is 437 g/mol. The van der Waals surface area contributed by atoms with E-state index < -0.39 is 0 Å². The molecule has 2 aliphatic carbocycles. The lowest BCUT2D eigenvalue weighted by molar-refractivity contribution is 0.306. The number of fused-ring (bicyclic) bond motifs is 1. The first-order valence-corrected chi connectivity index (χ1v) is 12.2. The maximum Gasteiger partial charge on any atom is 0.141 e. The van der Waals surface area contributed by atoms with Crippen molar-refractivity contribution in [2.75, 3.05) is 7.05 Å². The second-order valence-corrected chi connectivity index (χ2v) is 9.24. The fourth-order valence-electron chi connectivity index (χ4n) is 5.20. The van der Waals surface area contributed by atoms with Crippen LogP contribution in [0.2, 0.25) is 0 Å². The van der Waals surface area contributed by atoms with Crippen LogP contribution in [0.1, 0.15) is 75.9 Å². The van der Waals surface area contributed by atoms with E-state index in [2.05, 4.69) is 27.3 Å². The van der Waals surface area contributed by atoms with Crippen LogP contribution in [0.5, 0.6) is 0 Å². The molecular formula is C26H36FN5. The summed E-state index contributed by atoms with van der Waals surface area (Å²) in [4.78, 5) is 12.1. The van der Waals surface area contributed by atoms with Crippen LogP contribution in [-0.2, 0) is 0 Å². The highest BCUT2D eigenvalue weighted by Crippen LogP contribution is 2.37. The van der Waals surface area contributed by atoms with Crippen LogP contribution in [0, 0.1) is 11.7 Å². The molecule has 3 aromatic rings. The molecule has 1 unspecified atom stereocenters. The Morgan fingerprint density at radius 3 is 2.25 bits per heavy atom. The average Bonchev–Trinajstić information content (AvgIpc) is 3.30. The van der Waals surface area contributed by atoms with Gasteiger partial charge in [0.15, 0.2) is 0 Å². The average molecular weight is 438 g/mol. The summed E-state index contributed by atoms with van der Waals surface area (Å²) >= 11 is 0. The molecule has 0 radical (unpaired) electrons. The summed E-state index contributed by atoms with van der Waals surface area (Å²) in [7, 11) is 2.07. The summed E-state index contributed by atoms with van der Waals surface area (Å²) in [6.45, 7) is 0. The number of nitrogens with one attached hydrogen (secondary N) is 2. The zero-order chi connectivity index (χ0) is 22.3. The summed E-state index contributed by atoms with van der Waals surface area (Å²) in [5.74, 6) is 0.224. The molecule has 0 aliphatic heterocycles. The summed E-state index contributed by atoms with van der Waals surface area (Å²) < 4.78 is 13.2. The van der Waals surface area contributed by atoms with Gasteiger partial charge < -0.3 is 16.0 Å². The van der Waals surface area contributed by atoms with E-state index in [9.17, 15) is 4.39 Å². The number of nitrogens with zero attached hydrogens (tertiary/aromatic N) is 2. The van der Waals surface area contributed by atoms with Crippen molar-refractivity contribution in [2.45, 2.75) is 76.3 Å². The molecule has 172 valence electrons. The van der Waals surface area contributed by atoms with Gasteiger partial charge in [-0.2, -0.15) is 0 Å². The number of hydrogen-bond acceptors (Lipinski definition) is 4. The summed E-state index contributed by atoms with van der Waals surface area (Å²) in [6, 6.07) is 7.24. The molecule has 5 rings (SSSR count). The van der Waals surface area contributed by atoms with Crippen molar-refractivity contribution in [3.05, 3.63) is 48.3 Å². The second kappa shape index (κ2) is 11.0. The van der Waals surface area contributed by atoms with E-state index in [1.54, 1.807) is 18.5 Å². The predicted molar refractivity (Wildman–Crippen MR) is 129 cm³/mol. The number of aromatic amines is 1. The molecule has 4 N–H and O–H groups in total. The molecule has 1 atom stereocenters.